The van der Waals surface area contributed by atoms with E-state index in [1.54, 1.807) is 36.3 Å². The monoisotopic (exact) mass is 532 g/mol. The van der Waals surface area contributed by atoms with Crippen LogP contribution in [0.5, 0.6) is 0 Å². The summed E-state index contributed by atoms with van der Waals surface area (Å²) in [6.07, 6.45) is 1.63. The molecule has 2 aromatic rings. The Balaban J connectivity index is 1.70. The van der Waals surface area contributed by atoms with Gasteiger partial charge in [-0.25, -0.2) is 8.42 Å². The Morgan fingerprint density at radius 3 is 2.38 bits per heavy atom. The molecule has 1 fully saturated rings. The first-order valence-electron chi connectivity index (χ1n) is 11.8. The molecule has 12 heteroatoms. The summed E-state index contributed by atoms with van der Waals surface area (Å²) in [6.45, 7) is 2.31. The average molecular weight is 533 g/mol. The van der Waals surface area contributed by atoms with E-state index in [1.165, 1.54) is 24.3 Å². The number of carbonyl (C=O) groups is 3. The predicted molar refractivity (Wildman–Crippen MR) is 139 cm³/mol. The number of rotatable bonds is 11. The van der Waals surface area contributed by atoms with E-state index in [2.05, 4.69) is 10.6 Å². The van der Waals surface area contributed by atoms with Gasteiger partial charge in [0.25, 0.3) is 11.8 Å². The number of methoxy groups -OCH3 is 1. The molecular formula is C25H32N4O7S. The zero-order chi connectivity index (χ0) is 26.8. The molecule has 2 N–H and O–H groups in total. The Hall–Kier alpha value is -3.48. The average Bonchev–Trinajstić information content (AvgIpc) is 2.89. The number of anilines is 2. The molecule has 0 atom stereocenters. The molecule has 11 nitrogen and oxygen atoms in total. The van der Waals surface area contributed by atoms with Crippen molar-refractivity contribution in [3.8, 4) is 0 Å². The van der Waals surface area contributed by atoms with Gasteiger partial charge in [0.05, 0.1) is 36.4 Å². The van der Waals surface area contributed by atoms with Gasteiger partial charge < -0.3 is 25.0 Å². The maximum absolute atomic E-state index is 12.9. The number of sulfonamides is 1. The van der Waals surface area contributed by atoms with Crippen LogP contribution in [-0.2, 0) is 24.3 Å². The normalized spacial score (nSPS) is 13.6. The van der Waals surface area contributed by atoms with E-state index in [-0.39, 0.29) is 28.8 Å². The van der Waals surface area contributed by atoms with Crippen LogP contribution < -0.4 is 14.9 Å². The molecule has 0 saturated carbocycles. The van der Waals surface area contributed by atoms with Crippen LogP contribution >= 0.6 is 0 Å². The Kier molecular flexibility index (Phi) is 10.0. The van der Waals surface area contributed by atoms with Crippen LogP contribution in [-0.4, -0.2) is 90.4 Å². The van der Waals surface area contributed by atoms with Crippen molar-refractivity contribution in [2.45, 2.75) is 6.42 Å². The highest BCUT2D eigenvalue weighted by Gasteiger charge is 2.23. The van der Waals surface area contributed by atoms with Crippen molar-refractivity contribution in [1.29, 1.82) is 0 Å². The summed E-state index contributed by atoms with van der Waals surface area (Å²) in [7, 11) is -2.26. The highest BCUT2D eigenvalue weighted by Crippen LogP contribution is 2.21. The number of morpholine rings is 1. The first-order chi connectivity index (χ1) is 17.7. The number of nitrogens with one attached hydrogen (secondary N) is 2. The second-order valence-corrected chi connectivity index (χ2v) is 10.3. The minimum Gasteiger partial charge on any atom is -0.385 e. The van der Waals surface area contributed by atoms with Crippen LogP contribution in [0.3, 0.4) is 0 Å². The maximum atomic E-state index is 12.9. The number of amides is 3. The lowest BCUT2D eigenvalue weighted by Crippen LogP contribution is -2.40. The molecule has 200 valence electrons. The third-order valence-electron chi connectivity index (χ3n) is 5.64. The summed E-state index contributed by atoms with van der Waals surface area (Å²) in [4.78, 5) is 39.8. The summed E-state index contributed by atoms with van der Waals surface area (Å²) in [5.74, 6) is -1.17. The van der Waals surface area contributed by atoms with Crippen molar-refractivity contribution in [1.82, 2.24) is 10.2 Å². The van der Waals surface area contributed by atoms with Gasteiger partial charge in [-0.3, -0.25) is 18.7 Å². The van der Waals surface area contributed by atoms with Crippen LogP contribution in [0.2, 0.25) is 0 Å². The highest BCUT2D eigenvalue weighted by atomic mass is 32.2. The van der Waals surface area contributed by atoms with Crippen LogP contribution in [0.1, 0.15) is 27.1 Å². The van der Waals surface area contributed by atoms with Gasteiger partial charge in [-0.05, 0) is 42.8 Å². The Labute approximate surface area is 216 Å². The standard InChI is InChI=1S/C25H32N4O7S/c1-35-15-5-12-26-24(31)21-6-3-4-7-22(21)27-23(30)18-29(37(2,33)34)20-10-8-19(9-11-20)25(32)28-13-16-36-17-14-28/h3-4,6-11H,5,12-18H2,1-2H3,(H,26,31)(H,27,30). The van der Waals surface area contributed by atoms with Gasteiger partial charge in [-0.1, -0.05) is 12.1 Å². The molecule has 1 aliphatic heterocycles. The van der Waals surface area contributed by atoms with Crippen molar-refractivity contribution in [3.63, 3.8) is 0 Å². The van der Waals surface area contributed by atoms with Crippen molar-refractivity contribution in [2.75, 3.05) is 69.0 Å². The zero-order valence-electron chi connectivity index (χ0n) is 20.9. The lowest BCUT2D eigenvalue weighted by molar-refractivity contribution is -0.114. The summed E-state index contributed by atoms with van der Waals surface area (Å²) >= 11 is 0. The SMILES string of the molecule is COCCCNC(=O)c1ccccc1NC(=O)CN(c1ccc(C(=O)N2CCOCC2)cc1)S(C)(=O)=O. The van der Waals surface area contributed by atoms with Crippen molar-refractivity contribution < 1.29 is 32.3 Å². The number of nitrogens with zero attached hydrogens (tertiary/aromatic N) is 2. The lowest BCUT2D eigenvalue weighted by Gasteiger charge is -2.27. The van der Waals surface area contributed by atoms with Crippen LogP contribution in [0.25, 0.3) is 0 Å². The number of ether oxygens (including phenoxy) is 2. The second kappa shape index (κ2) is 13.2. The largest absolute Gasteiger partial charge is 0.385 e. The van der Waals surface area contributed by atoms with E-state index in [1.807, 2.05) is 0 Å². The lowest BCUT2D eigenvalue weighted by atomic mass is 10.1. The smallest absolute Gasteiger partial charge is 0.254 e. The van der Waals surface area contributed by atoms with E-state index < -0.39 is 22.5 Å². The molecule has 1 saturated heterocycles. The van der Waals surface area contributed by atoms with Gasteiger partial charge in [0.15, 0.2) is 0 Å². The molecule has 37 heavy (non-hydrogen) atoms. The fourth-order valence-corrected chi connectivity index (χ4v) is 4.60. The third-order valence-corrected chi connectivity index (χ3v) is 6.79. The van der Waals surface area contributed by atoms with E-state index >= 15 is 0 Å². The number of hydrogen-bond donors (Lipinski definition) is 2. The first-order valence-corrected chi connectivity index (χ1v) is 13.7. The molecule has 3 amide bonds. The molecule has 0 aliphatic carbocycles. The van der Waals surface area contributed by atoms with Gasteiger partial charge in [0.1, 0.15) is 6.54 Å². The fraction of sp³-hybridized carbons (Fsp3) is 0.400. The van der Waals surface area contributed by atoms with Crippen LogP contribution in [0.15, 0.2) is 48.5 Å². The highest BCUT2D eigenvalue weighted by molar-refractivity contribution is 7.92. The van der Waals surface area contributed by atoms with Gasteiger partial charge in [-0.15, -0.1) is 0 Å². The number of hydrogen-bond acceptors (Lipinski definition) is 7. The maximum Gasteiger partial charge on any atom is 0.254 e. The van der Waals surface area contributed by atoms with Gasteiger partial charge in [0.2, 0.25) is 15.9 Å². The van der Waals surface area contributed by atoms with Gasteiger partial charge in [-0.2, -0.15) is 0 Å². The molecule has 1 heterocycles. The molecule has 0 radical (unpaired) electrons. The first kappa shape index (κ1) is 28.1. The van der Waals surface area contributed by atoms with Gasteiger partial charge >= 0.3 is 0 Å². The molecular weight excluding hydrogens is 500 g/mol. The molecule has 0 bridgehead atoms. The van der Waals surface area contributed by atoms with E-state index in [0.717, 1.165) is 10.6 Å². The minimum absolute atomic E-state index is 0.171. The van der Waals surface area contributed by atoms with Crippen LogP contribution in [0, 0.1) is 0 Å². The topological polar surface area (TPSA) is 134 Å². The third kappa shape index (κ3) is 8.00. The van der Waals surface area contributed by atoms with E-state index in [4.69, 9.17) is 9.47 Å². The fourth-order valence-electron chi connectivity index (χ4n) is 3.74. The summed E-state index contributed by atoms with van der Waals surface area (Å²) in [5, 5.41) is 5.40. The number of para-hydroxylation sites is 1. The number of benzene rings is 2. The Morgan fingerprint density at radius 2 is 1.73 bits per heavy atom. The molecule has 2 aromatic carbocycles. The summed E-state index contributed by atoms with van der Waals surface area (Å²) < 4.78 is 36.2. The van der Waals surface area contributed by atoms with Crippen molar-refractivity contribution in [3.05, 3.63) is 59.7 Å². The van der Waals surface area contributed by atoms with Crippen molar-refractivity contribution in [2.24, 2.45) is 0 Å². The quantitative estimate of drug-likeness (QED) is 0.417. The number of carbonyl (C=O) groups excluding carboxylic acids is 3. The Bertz CT molecular complexity index is 1200. The second-order valence-electron chi connectivity index (χ2n) is 8.42. The molecule has 3 rings (SSSR count). The minimum atomic E-state index is -3.83. The summed E-state index contributed by atoms with van der Waals surface area (Å²) in [5.41, 5.74) is 1.16. The summed E-state index contributed by atoms with van der Waals surface area (Å²) in [6, 6.07) is 12.5. The zero-order valence-corrected chi connectivity index (χ0v) is 21.8. The van der Waals surface area contributed by atoms with Crippen LogP contribution in [0.4, 0.5) is 11.4 Å². The van der Waals surface area contributed by atoms with Crippen molar-refractivity contribution >= 4 is 39.1 Å². The molecule has 0 aromatic heterocycles. The van der Waals surface area contributed by atoms with E-state index in [0.29, 0.717) is 51.4 Å². The predicted octanol–water partition coefficient (Wildman–Crippen LogP) is 1.33. The Morgan fingerprint density at radius 1 is 1.05 bits per heavy atom. The van der Waals surface area contributed by atoms with Gasteiger partial charge in [0, 0.05) is 38.9 Å². The molecule has 0 spiro atoms. The van der Waals surface area contributed by atoms with E-state index in [9.17, 15) is 22.8 Å². The molecule has 1 aliphatic rings. The molecule has 0 unspecified atom stereocenters.